The predicted molar refractivity (Wildman–Crippen MR) is 64.7 cm³/mol. The van der Waals surface area contributed by atoms with Gasteiger partial charge in [0.2, 0.25) is 0 Å². The van der Waals surface area contributed by atoms with Gasteiger partial charge in [0, 0.05) is 0 Å². The smallest absolute Gasteiger partial charge is 0.133 e. The van der Waals surface area contributed by atoms with E-state index in [0.717, 1.165) is 5.46 Å². The van der Waals surface area contributed by atoms with Crippen LogP contribution in [-0.2, 0) is 0 Å². The molecular weight excluding hydrogens is 214 g/mol. The van der Waals surface area contributed by atoms with E-state index in [-0.39, 0.29) is 0 Å². The second kappa shape index (κ2) is 7.54. The molecule has 82 valence electrons. The molecule has 0 aliphatic carbocycles. The van der Waals surface area contributed by atoms with E-state index < -0.39 is 7.32 Å². The molecule has 0 heterocycles. The Morgan fingerprint density at radius 2 is 1.29 bits per heavy atom. The van der Waals surface area contributed by atoms with Crippen LogP contribution in [0.15, 0.2) is 60.7 Å². The molecule has 0 unspecified atom stereocenters. The van der Waals surface area contributed by atoms with E-state index in [1.165, 1.54) is 0 Å². The van der Waals surface area contributed by atoms with Crippen molar-refractivity contribution in [2.75, 3.05) is 0 Å². The summed E-state index contributed by atoms with van der Waals surface area (Å²) in [5, 5.41) is 19.8. The molecule has 3 nitrogen and oxygen atoms in total. The summed E-state index contributed by atoms with van der Waals surface area (Å²) in [7, 11) is 3.12. The van der Waals surface area contributed by atoms with E-state index in [2.05, 4.69) is 4.65 Å². The van der Waals surface area contributed by atoms with Crippen molar-refractivity contribution >= 4 is 20.6 Å². The van der Waals surface area contributed by atoms with Crippen molar-refractivity contribution < 1.29 is 14.7 Å². The summed E-state index contributed by atoms with van der Waals surface area (Å²) in [5.74, 6) is 0.317. The first-order chi connectivity index (χ1) is 8.18. The van der Waals surface area contributed by atoms with Gasteiger partial charge in [-0.05, 0) is 12.1 Å². The Morgan fingerprint density at radius 1 is 0.824 bits per heavy atom. The molecule has 2 aromatic rings. The minimum atomic E-state index is -2.23. The van der Waals surface area contributed by atoms with Gasteiger partial charge in [-0.15, -0.1) is 0 Å². The zero-order valence-electron chi connectivity index (χ0n) is 9.15. The van der Waals surface area contributed by atoms with Crippen molar-refractivity contribution in [3.8, 4) is 5.75 Å². The van der Waals surface area contributed by atoms with Gasteiger partial charge >= 0.3 is 43.6 Å². The molecule has 0 aliphatic rings. The molecule has 0 bridgehead atoms. The average molecular weight is 224 g/mol. The van der Waals surface area contributed by atoms with E-state index in [0.29, 0.717) is 5.75 Å². The van der Waals surface area contributed by atoms with Crippen LogP contribution in [0.5, 0.6) is 5.75 Å². The third-order valence-electron chi connectivity index (χ3n) is 1.78. The average Bonchev–Trinajstić information content (AvgIpc) is 2.31. The molecule has 0 amide bonds. The monoisotopic (exact) mass is 224 g/mol. The second-order valence-electron chi connectivity index (χ2n) is 3.13. The number of benzene rings is 2. The van der Waals surface area contributed by atoms with Gasteiger partial charge in [-0.2, -0.15) is 0 Å². The molecule has 0 saturated carbocycles. The Bertz CT molecular complexity index is 407. The Kier molecular flexibility index (Phi) is 5.93. The zero-order chi connectivity index (χ0) is 12.5. The Hall–Kier alpha value is -1.71. The third kappa shape index (κ3) is 6.45. The maximum absolute atomic E-state index is 9.92. The molecule has 0 atom stereocenters. The largest absolute Gasteiger partial charge is 0.860 e. The molecule has 2 rings (SSSR count). The van der Waals surface area contributed by atoms with E-state index in [9.17, 15) is 10.0 Å². The molecule has 0 saturated heterocycles. The Labute approximate surface area is 102 Å². The summed E-state index contributed by atoms with van der Waals surface area (Å²) >= 11 is 0. The first-order valence-electron chi connectivity index (χ1n) is 5.02. The summed E-state index contributed by atoms with van der Waals surface area (Å²) in [6, 6.07) is 17.8. The van der Waals surface area contributed by atoms with Crippen molar-refractivity contribution in [2.45, 2.75) is 0 Å². The van der Waals surface area contributed by atoms with Crippen LogP contribution in [0.1, 0.15) is 0 Å². The van der Waals surface area contributed by atoms with Crippen LogP contribution >= 0.6 is 0 Å². The van der Waals surface area contributed by atoms with Gasteiger partial charge in [0.05, 0.1) is 5.75 Å². The second-order valence-corrected chi connectivity index (χ2v) is 3.13. The number of para-hydroxylation sites is 1. The van der Waals surface area contributed by atoms with Crippen LogP contribution in [0, 0.1) is 0 Å². The van der Waals surface area contributed by atoms with E-state index in [1.54, 1.807) is 30.3 Å². The van der Waals surface area contributed by atoms with E-state index in [1.807, 2.05) is 30.3 Å². The fourth-order valence-corrected chi connectivity index (χ4v) is 1.06. The van der Waals surface area contributed by atoms with Gasteiger partial charge in [0.1, 0.15) is 7.32 Å². The number of rotatable bonds is 2. The fourth-order valence-electron chi connectivity index (χ4n) is 1.06. The quantitative estimate of drug-likeness (QED) is 0.630. The Morgan fingerprint density at radius 3 is 1.65 bits per heavy atom. The van der Waals surface area contributed by atoms with Crippen LogP contribution in [0.2, 0.25) is 0 Å². The van der Waals surface area contributed by atoms with Gasteiger partial charge in [-0.25, -0.2) is 0 Å². The van der Waals surface area contributed by atoms with Crippen LogP contribution in [0.25, 0.3) is 0 Å². The predicted octanol–water partition coefficient (Wildman–Crippen LogP) is -0.749. The standard InChI is InChI=1S/C6H5BO3.C6H5B/c8-7(9)10-6-4-2-1-3-5-6;7-6-4-2-1-3-5-6/h1-5H;1-5H/q-2;+2. The first kappa shape index (κ1) is 13.4. The molecule has 0 aromatic heterocycles. The minimum Gasteiger partial charge on any atom is -0.860 e. The number of hydrogen-bond donors (Lipinski definition) is 0. The molecule has 17 heavy (non-hydrogen) atoms. The summed E-state index contributed by atoms with van der Waals surface area (Å²) in [6.45, 7) is 0. The van der Waals surface area contributed by atoms with Crippen LogP contribution in [-0.4, -0.2) is 15.2 Å². The molecule has 0 fully saturated rings. The molecular formula is C12H10B2O3. The normalized spacial score (nSPS) is 8.94. The molecule has 0 N–H and O–H groups in total. The van der Waals surface area contributed by atoms with E-state index in [4.69, 9.17) is 7.85 Å². The van der Waals surface area contributed by atoms with Gasteiger partial charge in [0.15, 0.2) is 0 Å². The van der Waals surface area contributed by atoms with Crippen molar-refractivity contribution in [3.05, 3.63) is 60.7 Å². The Balaban J connectivity index is 0.000000181. The van der Waals surface area contributed by atoms with Gasteiger partial charge in [-0.3, -0.25) is 0 Å². The van der Waals surface area contributed by atoms with Gasteiger partial charge in [-0.1, -0.05) is 18.2 Å². The zero-order valence-corrected chi connectivity index (χ0v) is 9.15. The fraction of sp³-hybridized carbons (Fsp3) is 0. The van der Waals surface area contributed by atoms with Crippen molar-refractivity contribution in [2.24, 2.45) is 0 Å². The van der Waals surface area contributed by atoms with Crippen molar-refractivity contribution in [1.82, 2.24) is 0 Å². The van der Waals surface area contributed by atoms with E-state index >= 15 is 0 Å². The minimum absolute atomic E-state index is 0.317. The van der Waals surface area contributed by atoms with Gasteiger partial charge < -0.3 is 14.7 Å². The van der Waals surface area contributed by atoms with Crippen molar-refractivity contribution in [1.29, 1.82) is 0 Å². The molecule has 2 aromatic carbocycles. The summed E-state index contributed by atoms with van der Waals surface area (Å²) < 4.78 is 4.30. The van der Waals surface area contributed by atoms with Crippen molar-refractivity contribution in [3.63, 3.8) is 0 Å². The molecule has 5 heteroatoms. The third-order valence-corrected chi connectivity index (χ3v) is 1.78. The maximum Gasteiger partial charge on any atom is 0.133 e. The summed E-state index contributed by atoms with van der Waals surface area (Å²) in [6.07, 6.45) is 0. The summed E-state index contributed by atoms with van der Waals surface area (Å²) in [5.41, 5.74) is 0.822. The van der Waals surface area contributed by atoms with Crippen LogP contribution < -0.4 is 20.2 Å². The van der Waals surface area contributed by atoms with Gasteiger partial charge in [0.25, 0.3) is 0 Å². The maximum atomic E-state index is 9.92. The number of hydrogen-bond acceptors (Lipinski definition) is 3. The summed E-state index contributed by atoms with van der Waals surface area (Å²) in [4.78, 5) is 0. The first-order valence-corrected chi connectivity index (χ1v) is 5.02. The molecule has 0 spiro atoms. The van der Waals surface area contributed by atoms with Crippen LogP contribution in [0.4, 0.5) is 0 Å². The SMILES string of the molecule is [B+2]c1ccccc1.[O-]B([O-])Oc1ccccc1. The topological polar surface area (TPSA) is 55.3 Å². The van der Waals surface area contributed by atoms with Crippen LogP contribution in [0.3, 0.4) is 0 Å². The molecule has 0 aliphatic heterocycles. The molecule has 0 radical (unpaired) electrons.